The molecule has 4 heteroatoms. The molecular weight excluding hydrogens is 192 g/mol. The normalized spacial score (nSPS) is 5.40. The van der Waals surface area contributed by atoms with Crippen LogP contribution in [0.15, 0.2) is 0 Å². The Hall–Kier alpha value is 2.11. The van der Waals surface area contributed by atoms with Crippen molar-refractivity contribution in [1.82, 2.24) is 0 Å². The minimum atomic E-state index is 0. The first-order valence-corrected chi connectivity index (χ1v) is 2.50. The summed E-state index contributed by atoms with van der Waals surface area (Å²) in [5.41, 5.74) is 0. The minimum absolute atomic E-state index is 0. The van der Waals surface area contributed by atoms with Crippen LogP contribution in [0.3, 0.4) is 0 Å². The number of hydrogen-bond donors (Lipinski definition) is 0. The molecule has 0 amide bonds. The molecule has 10 heavy (non-hydrogen) atoms. The van der Waals surface area contributed by atoms with Gasteiger partial charge in [-0.25, -0.2) is 0 Å². The smallest absolute Gasteiger partial charge is 1.00 e. The molecule has 0 saturated heterocycles. The predicted molar refractivity (Wildman–Crippen MR) is 40.7 cm³/mol. The van der Waals surface area contributed by atoms with Crippen LogP contribution < -0.4 is 24.8 Å². The first-order chi connectivity index (χ1) is 2.91. The predicted octanol–water partition coefficient (Wildman–Crippen LogP) is -4.54. The molecule has 0 spiro atoms. The van der Waals surface area contributed by atoms with E-state index < -0.39 is 0 Å². The Kier molecular flexibility index (Phi) is 89.9. The van der Waals surface area contributed by atoms with Crippen LogP contribution in [0.2, 0.25) is 0 Å². The van der Waals surface area contributed by atoms with Gasteiger partial charge in [-0.15, -0.1) is 0 Å². The Labute approximate surface area is 109 Å². The summed E-state index contributed by atoms with van der Waals surface area (Å²) in [5, 5.41) is 0. The van der Waals surface area contributed by atoms with E-state index in [9.17, 15) is 0 Å². The van der Waals surface area contributed by atoms with Gasteiger partial charge in [0.2, 0.25) is 0 Å². The van der Waals surface area contributed by atoms with Gasteiger partial charge < -0.3 is 38.7 Å². The quantitative estimate of drug-likeness (QED) is 0.246. The molecule has 0 aromatic carbocycles. The van der Waals surface area contributed by atoms with Crippen LogP contribution in [-0.4, -0.2) is 46.1 Å². The zero-order chi connectivity index (χ0) is 4.83. The summed E-state index contributed by atoms with van der Waals surface area (Å²) in [6.45, 7) is 7.39. The van der Waals surface area contributed by atoms with Gasteiger partial charge in [-0.3, -0.25) is 0 Å². The topological polar surface area (TPSA) is 0 Å². The van der Waals surface area contributed by atoms with Crippen molar-refractivity contribution in [3.63, 3.8) is 0 Å². The van der Waals surface area contributed by atoms with E-state index in [1.165, 1.54) is 12.8 Å². The number of halogens is 2. The first kappa shape index (κ1) is 29.6. The summed E-state index contributed by atoms with van der Waals surface area (Å²) in [7, 11) is 0. The van der Waals surface area contributed by atoms with Crippen molar-refractivity contribution in [3.05, 3.63) is 13.8 Å². The van der Waals surface area contributed by atoms with Crippen molar-refractivity contribution in [1.29, 1.82) is 0 Å². The van der Waals surface area contributed by atoms with Crippen LogP contribution in [0, 0.1) is 13.8 Å². The number of rotatable bonds is 3. The van der Waals surface area contributed by atoms with E-state index >= 15 is 0 Å². The van der Waals surface area contributed by atoms with Gasteiger partial charge >= 0.3 is 46.1 Å². The summed E-state index contributed by atoms with van der Waals surface area (Å²) in [4.78, 5) is 0. The number of hydrogen-bond acceptors (Lipinski definition) is 0. The minimum Gasteiger partial charge on any atom is -1.00 e. The molecule has 0 aromatic rings. The van der Waals surface area contributed by atoms with Gasteiger partial charge in [0.25, 0.3) is 0 Å². The van der Waals surface area contributed by atoms with E-state index in [2.05, 4.69) is 13.8 Å². The molecule has 0 aliphatic rings. The molecule has 0 heterocycles. The van der Waals surface area contributed by atoms with Crippen molar-refractivity contribution < 1.29 is 24.8 Å². The van der Waals surface area contributed by atoms with E-state index in [1.54, 1.807) is 0 Å². The van der Waals surface area contributed by atoms with Crippen LogP contribution in [0.5, 0.6) is 0 Å². The molecule has 0 aliphatic carbocycles. The molecule has 0 nitrogen and oxygen atoms in total. The molecule has 0 radical (unpaired) electrons. The van der Waals surface area contributed by atoms with Crippen LogP contribution in [0.25, 0.3) is 0 Å². The van der Waals surface area contributed by atoms with Gasteiger partial charge in [-0.05, 0) is 0 Å². The largest absolute Gasteiger partial charge is 2.00 e. The Bertz CT molecular complexity index is 25.7. The van der Waals surface area contributed by atoms with E-state index in [4.69, 9.17) is 0 Å². The maximum absolute atomic E-state index is 3.70. The van der Waals surface area contributed by atoms with Crippen LogP contribution in [0.1, 0.15) is 25.7 Å². The molecule has 0 atom stereocenters. The third-order valence-corrected chi connectivity index (χ3v) is 0.750. The molecule has 0 fully saturated rings. The van der Waals surface area contributed by atoms with E-state index in [0.29, 0.717) is 0 Å². The van der Waals surface area contributed by atoms with Gasteiger partial charge in [0.1, 0.15) is 0 Å². The summed E-state index contributed by atoms with van der Waals surface area (Å²) in [6.07, 6.45) is 4.61. The van der Waals surface area contributed by atoms with Crippen molar-refractivity contribution >= 4 is 46.1 Å². The van der Waals surface area contributed by atoms with Crippen LogP contribution in [0.4, 0.5) is 0 Å². The van der Waals surface area contributed by atoms with Crippen molar-refractivity contribution in [2.45, 2.75) is 25.7 Å². The average molecular weight is 204 g/mol. The second kappa shape index (κ2) is 30.4. The summed E-state index contributed by atoms with van der Waals surface area (Å²) < 4.78 is 0. The van der Waals surface area contributed by atoms with E-state index in [-0.39, 0.29) is 70.9 Å². The summed E-state index contributed by atoms with van der Waals surface area (Å²) in [5.74, 6) is 0. The van der Waals surface area contributed by atoms with Crippen LogP contribution >= 0.6 is 0 Å². The Morgan fingerprint density at radius 3 is 1.00 bits per heavy atom. The monoisotopic (exact) mass is 202 g/mol. The molecule has 0 aromatic heterocycles. The van der Waals surface area contributed by atoms with E-state index in [1.807, 2.05) is 0 Å². The third kappa shape index (κ3) is 32.1. The van der Waals surface area contributed by atoms with Gasteiger partial charge in [-0.2, -0.15) is 12.8 Å². The fourth-order valence-corrected chi connectivity index (χ4v) is 0.354. The van der Waals surface area contributed by atoms with Crippen molar-refractivity contribution in [2.24, 2.45) is 0 Å². The molecule has 0 saturated carbocycles. The zero-order valence-electron chi connectivity index (χ0n) is 6.41. The second-order valence-corrected chi connectivity index (χ2v) is 1.41. The molecule has 0 aliphatic heterocycles. The summed E-state index contributed by atoms with van der Waals surface area (Å²) >= 11 is 0. The Morgan fingerprint density at radius 1 is 0.700 bits per heavy atom. The SMILES string of the molecule is [CH2-]CCCC[CH2-].[Cl-].[Cl-].[Mg+2].[Mg+2]. The van der Waals surface area contributed by atoms with Gasteiger partial charge in [0, 0.05) is 0 Å². The van der Waals surface area contributed by atoms with Gasteiger partial charge in [0.05, 0.1) is 0 Å². The maximum atomic E-state index is 3.70. The molecule has 0 unspecified atom stereocenters. The molecule has 0 rings (SSSR count). The molecule has 54 valence electrons. The zero-order valence-corrected chi connectivity index (χ0v) is 10.8. The second-order valence-electron chi connectivity index (χ2n) is 1.41. The summed E-state index contributed by atoms with van der Waals surface area (Å²) in [6, 6.07) is 0. The van der Waals surface area contributed by atoms with E-state index in [0.717, 1.165) is 12.8 Å². The molecule has 0 bridgehead atoms. The number of unbranched alkanes of at least 4 members (excludes halogenated alkanes) is 3. The standard InChI is InChI=1S/C6H12.2ClH.2Mg/c1-3-5-6-4-2;;;;/h1-6H2;2*1H;;/q-2;;;2*+2/p-2. The van der Waals surface area contributed by atoms with Crippen LogP contribution in [-0.2, 0) is 0 Å². The average Bonchev–Trinajstić information content (AvgIpc) is 1.61. The Balaban J connectivity index is -0.0000000208. The molecular formula is C6H12Cl2Mg2. The van der Waals surface area contributed by atoms with Gasteiger partial charge in [-0.1, -0.05) is 12.8 Å². The Morgan fingerprint density at radius 2 is 0.900 bits per heavy atom. The third-order valence-electron chi connectivity index (χ3n) is 0.750. The maximum Gasteiger partial charge on any atom is 2.00 e. The first-order valence-electron chi connectivity index (χ1n) is 2.50. The molecule has 0 N–H and O–H groups in total. The van der Waals surface area contributed by atoms with Crippen molar-refractivity contribution in [3.8, 4) is 0 Å². The fraction of sp³-hybridized carbons (Fsp3) is 0.667. The fourth-order valence-electron chi connectivity index (χ4n) is 0.354. The van der Waals surface area contributed by atoms with Gasteiger partial charge in [0.15, 0.2) is 0 Å². The van der Waals surface area contributed by atoms with Crippen molar-refractivity contribution in [2.75, 3.05) is 0 Å².